The lowest BCUT2D eigenvalue weighted by Gasteiger charge is -2.23. The van der Waals surface area contributed by atoms with E-state index in [0.717, 1.165) is 17.2 Å². The number of aliphatic imine (C=N–C) groups is 1. The number of halogens is 1. The topological polar surface area (TPSA) is 68.9 Å². The van der Waals surface area contributed by atoms with Gasteiger partial charge in [0.05, 0.1) is 20.8 Å². The molecular weight excluding hydrogens is 429 g/mol. The first-order valence-corrected chi connectivity index (χ1v) is 7.80. The van der Waals surface area contributed by atoms with Crippen LogP contribution in [0, 0.1) is 0 Å². The van der Waals surface area contributed by atoms with Gasteiger partial charge in [-0.25, -0.2) is 0 Å². The number of rotatable bonds is 6. The smallest absolute Gasteiger partial charge is 0.193 e. The van der Waals surface area contributed by atoms with Gasteiger partial charge in [-0.1, -0.05) is 26.0 Å². The molecule has 0 aliphatic rings. The van der Waals surface area contributed by atoms with E-state index in [4.69, 9.17) is 15.2 Å². The van der Waals surface area contributed by atoms with Crippen LogP contribution in [-0.2, 0) is 5.41 Å². The zero-order chi connectivity index (χ0) is 17.6. The first-order chi connectivity index (χ1) is 11.4. The maximum atomic E-state index is 5.99. The van der Waals surface area contributed by atoms with Crippen molar-refractivity contribution in [1.82, 2.24) is 0 Å². The predicted octanol–water partition coefficient (Wildman–Crippen LogP) is 4.03. The van der Waals surface area contributed by atoms with Crippen molar-refractivity contribution in [3.63, 3.8) is 0 Å². The van der Waals surface area contributed by atoms with Gasteiger partial charge in [0.15, 0.2) is 5.96 Å². The molecule has 0 aliphatic carbocycles. The summed E-state index contributed by atoms with van der Waals surface area (Å²) in [5.74, 6) is 2.04. The summed E-state index contributed by atoms with van der Waals surface area (Å²) in [6, 6.07) is 15.6. The monoisotopic (exact) mass is 455 g/mol. The van der Waals surface area contributed by atoms with E-state index in [9.17, 15) is 0 Å². The third kappa shape index (κ3) is 6.12. The molecule has 0 saturated carbocycles. The average Bonchev–Trinajstić information content (AvgIpc) is 2.61. The molecule has 3 N–H and O–H groups in total. The quantitative estimate of drug-likeness (QED) is 0.392. The predicted molar refractivity (Wildman–Crippen MR) is 115 cm³/mol. The van der Waals surface area contributed by atoms with Crippen LogP contribution in [0.25, 0.3) is 0 Å². The van der Waals surface area contributed by atoms with Crippen molar-refractivity contribution in [3.8, 4) is 11.5 Å². The molecule has 2 rings (SSSR count). The lowest BCUT2D eigenvalue weighted by atomic mass is 9.85. The largest absolute Gasteiger partial charge is 0.497 e. The Morgan fingerprint density at radius 3 is 1.92 bits per heavy atom. The van der Waals surface area contributed by atoms with Gasteiger partial charge in [-0.05, 0) is 42.0 Å². The number of guanidine groups is 1. The molecule has 0 spiro atoms. The van der Waals surface area contributed by atoms with Crippen molar-refractivity contribution in [2.45, 2.75) is 19.3 Å². The molecule has 0 fully saturated rings. The number of hydrogen-bond donors (Lipinski definition) is 2. The van der Waals surface area contributed by atoms with Crippen molar-refractivity contribution in [1.29, 1.82) is 0 Å². The molecule has 0 atom stereocenters. The van der Waals surface area contributed by atoms with Gasteiger partial charge in [-0.15, -0.1) is 24.0 Å². The van der Waals surface area contributed by atoms with Gasteiger partial charge in [0, 0.05) is 11.1 Å². The molecule has 0 amide bonds. The van der Waals surface area contributed by atoms with Crippen molar-refractivity contribution in [2.24, 2.45) is 10.7 Å². The molecule has 0 aliphatic heterocycles. The summed E-state index contributed by atoms with van der Waals surface area (Å²) < 4.78 is 10.3. The Balaban J connectivity index is 0.00000312. The summed E-state index contributed by atoms with van der Waals surface area (Å²) in [7, 11) is 3.30. The number of nitrogens with two attached hydrogens (primary N) is 1. The number of methoxy groups -OCH3 is 2. The van der Waals surface area contributed by atoms with Crippen LogP contribution < -0.4 is 20.5 Å². The van der Waals surface area contributed by atoms with E-state index in [1.165, 1.54) is 5.56 Å². The van der Waals surface area contributed by atoms with Crippen molar-refractivity contribution in [3.05, 3.63) is 54.1 Å². The molecule has 0 aromatic heterocycles. The van der Waals surface area contributed by atoms with Gasteiger partial charge >= 0.3 is 0 Å². The maximum absolute atomic E-state index is 5.99. The second kappa shape index (κ2) is 9.50. The summed E-state index contributed by atoms with van der Waals surface area (Å²) >= 11 is 0. The minimum absolute atomic E-state index is 0. The Kier molecular flexibility index (Phi) is 8.02. The second-order valence-corrected chi connectivity index (χ2v) is 6.17. The van der Waals surface area contributed by atoms with Crippen LogP contribution in [0.3, 0.4) is 0 Å². The first-order valence-electron chi connectivity index (χ1n) is 7.80. The van der Waals surface area contributed by atoms with Gasteiger partial charge in [-0.2, -0.15) is 0 Å². The van der Waals surface area contributed by atoms with Gasteiger partial charge in [0.2, 0.25) is 0 Å². The number of nitrogens with zero attached hydrogens (tertiary/aromatic N) is 1. The summed E-state index contributed by atoms with van der Waals surface area (Å²) in [4.78, 5) is 4.47. The normalized spacial score (nSPS) is 11.4. The van der Waals surface area contributed by atoms with E-state index >= 15 is 0 Å². The highest BCUT2D eigenvalue weighted by Crippen LogP contribution is 2.25. The minimum atomic E-state index is -0.127. The molecule has 6 heteroatoms. The molecule has 0 saturated heterocycles. The van der Waals surface area contributed by atoms with E-state index in [1.807, 2.05) is 36.4 Å². The second-order valence-electron chi connectivity index (χ2n) is 6.17. The molecule has 2 aromatic rings. The van der Waals surface area contributed by atoms with Crippen molar-refractivity contribution < 1.29 is 9.47 Å². The van der Waals surface area contributed by atoms with E-state index in [1.54, 1.807) is 14.2 Å². The van der Waals surface area contributed by atoms with Crippen LogP contribution in [0.15, 0.2) is 53.5 Å². The molecule has 0 radical (unpaired) electrons. The fourth-order valence-electron chi connectivity index (χ4n) is 2.28. The number of benzene rings is 2. The van der Waals surface area contributed by atoms with Crippen LogP contribution in [0.4, 0.5) is 5.69 Å². The van der Waals surface area contributed by atoms with E-state index in [-0.39, 0.29) is 29.4 Å². The van der Waals surface area contributed by atoms with Crippen LogP contribution in [0.5, 0.6) is 11.5 Å². The molecule has 0 heterocycles. The number of anilines is 1. The van der Waals surface area contributed by atoms with E-state index < -0.39 is 0 Å². The first kappa shape index (κ1) is 21.1. The lowest BCUT2D eigenvalue weighted by Crippen LogP contribution is -2.27. The van der Waals surface area contributed by atoms with E-state index in [0.29, 0.717) is 12.5 Å². The van der Waals surface area contributed by atoms with Gasteiger partial charge in [0.25, 0.3) is 0 Å². The summed E-state index contributed by atoms with van der Waals surface area (Å²) in [6.45, 7) is 4.85. The number of nitrogens with one attached hydrogen (secondary N) is 1. The zero-order valence-corrected chi connectivity index (χ0v) is 17.4. The Morgan fingerprint density at radius 2 is 1.44 bits per heavy atom. The SMILES string of the molecule is COc1ccc(NC(N)=NCC(C)(C)c2ccc(OC)cc2)cc1.I. The standard InChI is InChI=1S/C19H25N3O2.HI/c1-19(2,14-5-9-16(23-3)10-6-14)13-21-18(20)22-15-7-11-17(24-4)12-8-15;/h5-12H,13H2,1-4H3,(H3,20,21,22);1H. The Hall–Kier alpha value is -1.96. The molecule has 0 unspecified atom stereocenters. The fraction of sp³-hybridized carbons (Fsp3) is 0.316. The molecule has 136 valence electrons. The molecule has 25 heavy (non-hydrogen) atoms. The maximum Gasteiger partial charge on any atom is 0.193 e. The van der Waals surface area contributed by atoms with Gasteiger partial charge in [-0.3, -0.25) is 4.99 Å². The Labute approximate surface area is 166 Å². The molecular formula is C19H26IN3O2. The lowest BCUT2D eigenvalue weighted by molar-refractivity contribution is 0.414. The summed E-state index contributed by atoms with van der Waals surface area (Å²) in [5, 5.41) is 3.09. The third-order valence-corrected chi connectivity index (χ3v) is 3.88. The van der Waals surface area contributed by atoms with Crippen molar-refractivity contribution >= 4 is 35.6 Å². The van der Waals surface area contributed by atoms with Crippen LogP contribution in [-0.4, -0.2) is 26.7 Å². The zero-order valence-electron chi connectivity index (χ0n) is 15.1. The van der Waals surface area contributed by atoms with Crippen LogP contribution in [0.1, 0.15) is 19.4 Å². The molecule has 5 nitrogen and oxygen atoms in total. The number of ether oxygens (including phenoxy) is 2. The van der Waals surface area contributed by atoms with Gasteiger partial charge < -0.3 is 20.5 Å². The molecule has 2 aromatic carbocycles. The highest BCUT2D eigenvalue weighted by molar-refractivity contribution is 14.0. The minimum Gasteiger partial charge on any atom is -0.497 e. The Morgan fingerprint density at radius 1 is 0.960 bits per heavy atom. The van der Waals surface area contributed by atoms with E-state index in [2.05, 4.69) is 36.3 Å². The highest BCUT2D eigenvalue weighted by atomic mass is 127. The Bertz CT molecular complexity index is 683. The summed E-state index contributed by atoms with van der Waals surface area (Å²) in [6.07, 6.45) is 0. The highest BCUT2D eigenvalue weighted by Gasteiger charge is 2.20. The summed E-state index contributed by atoms with van der Waals surface area (Å²) in [5.41, 5.74) is 7.93. The van der Waals surface area contributed by atoms with Crippen LogP contribution in [0.2, 0.25) is 0 Å². The van der Waals surface area contributed by atoms with Crippen molar-refractivity contribution in [2.75, 3.05) is 26.1 Å². The number of hydrogen-bond acceptors (Lipinski definition) is 3. The fourth-order valence-corrected chi connectivity index (χ4v) is 2.28. The molecule has 0 bridgehead atoms. The van der Waals surface area contributed by atoms with Crippen LogP contribution >= 0.6 is 24.0 Å². The third-order valence-electron chi connectivity index (χ3n) is 3.88. The average molecular weight is 455 g/mol. The van der Waals surface area contributed by atoms with Gasteiger partial charge in [0.1, 0.15) is 11.5 Å².